The Morgan fingerprint density at radius 2 is 2.33 bits per heavy atom. The molecule has 7 nitrogen and oxygen atoms in total. The van der Waals surface area contributed by atoms with Gasteiger partial charge in [-0.15, -0.1) is 0 Å². The Balaban J connectivity index is 1.94. The first-order chi connectivity index (χ1) is 11.7. The average Bonchev–Trinajstić information content (AvgIpc) is 2.63. The second kappa shape index (κ2) is 9.10. The smallest absolute Gasteiger partial charge is 0.310 e. The molecule has 1 aliphatic rings. The lowest BCUT2D eigenvalue weighted by atomic mass is 9.98. The molecular formula is C17H26N4O3. The topological polar surface area (TPSA) is 76.0 Å². The summed E-state index contributed by atoms with van der Waals surface area (Å²) in [5.74, 6) is 1.15. The summed E-state index contributed by atoms with van der Waals surface area (Å²) in [6, 6.07) is 5.65. The van der Waals surface area contributed by atoms with Crippen LogP contribution in [0.1, 0.15) is 25.5 Å². The number of hydrogen-bond donors (Lipinski definition) is 1. The van der Waals surface area contributed by atoms with Crippen LogP contribution >= 0.6 is 0 Å². The molecule has 0 aliphatic carbocycles. The van der Waals surface area contributed by atoms with Gasteiger partial charge in [0, 0.05) is 26.2 Å². The second-order valence-corrected chi connectivity index (χ2v) is 5.61. The van der Waals surface area contributed by atoms with Crippen molar-refractivity contribution in [2.75, 3.05) is 33.9 Å². The summed E-state index contributed by atoms with van der Waals surface area (Å²) in [4.78, 5) is 22.8. The number of aromatic nitrogens is 1. The van der Waals surface area contributed by atoms with Gasteiger partial charge in [0.25, 0.3) is 0 Å². The van der Waals surface area contributed by atoms with Gasteiger partial charge >= 0.3 is 5.97 Å². The third-order valence-corrected chi connectivity index (χ3v) is 3.97. The summed E-state index contributed by atoms with van der Waals surface area (Å²) >= 11 is 0. The lowest BCUT2D eigenvalue weighted by Gasteiger charge is -2.33. The van der Waals surface area contributed by atoms with Crippen LogP contribution in [-0.4, -0.2) is 55.7 Å². The Hall–Kier alpha value is -2.31. The van der Waals surface area contributed by atoms with Gasteiger partial charge in [-0.2, -0.15) is 0 Å². The number of aliphatic imine (C=N–C) groups is 1. The lowest BCUT2D eigenvalue weighted by Crippen LogP contribution is -2.48. The molecule has 0 bridgehead atoms. The van der Waals surface area contributed by atoms with Crippen molar-refractivity contribution < 1.29 is 14.3 Å². The molecule has 2 rings (SSSR count). The van der Waals surface area contributed by atoms with Crippen LogP contribution in [-0.2, 0) is 16.1 Å². The average molecular weight is 334 g/mol. The van der Waals surface area contributed by atoms with Crippen LogP contribution in [0.15, 0.2) is 23.2 Å². The number of nitrogens with zero attached hydrogens (tertiary/aromatic N) is 3. The SMILES string of the molecule is CCOC(=O)C1CCCN(C(=NC)NCc2cccc(OC)n2)C1. The summed E-state index contributed by atoms with van der Waals surface area (Å²) in [7, 11) is 3.34. The van der Waals surface area contributed by atoms with Gasteiger partial charge in [-0.3, -0.25) is 9.79 Å². The Bertz CT molecular complexity index is 577. The quantitative estimate of drug-likeness (QED) is 0.499. The van der Waals surface area contributed by atoms with Crippen LogP contribution in [0.5, 0.6) is 5.88 Å². The molecule has 0 amide bonds. The lowest BCUT2D eigenvalue weighted by molar-refractivity contribution is -0.149. The maximum atomic E-state index is 12.0. The third kappa shape index (κ3) is 4.84. The largest absolute Gasteiger partial charge is 0.481 e. The maximum Gasteiger partial charge on any atom is 0.310 e. The number of piperidine rings is 1. The van der Waals surface area contributed by atoms with E-state index in [2.05, 4.69) is 20.2 Å². The van der Waals surface area contributed by atoms with E-state index in [4.69, 9.17) is 9.47 Å². The molecular weight excluding hydrogens is 308 g/mol. The minimum Gasteiger partial charge on any atom is -0.481 e. The number of rotatable bonds is 5. The molecule has 24 heavy (non-hydrogen) atoms. The van der Waals surface area contributed by atoms with E-state index >= 15 is 0 Å². The second-order valence-electron chi connectivity index (χ2n) is 5.61. The van der Waals surface area contributed by atoms with Crippen molar-refractivity contribution in [2.45, 2.75) is 26.3 Å². The molecule has 1 atom stereocenters. The van der Waals surface area contributed by atoms with Gasteiger partial charge in [-0.05, 0) is 25.8 Å². The number of guanidine groups is 1. The molecule has 1 fully saturated rings. The van der Waals surface area contributed by atoms with E-state index in [1.165, 1.54) is 0 Å². The fourth-order valence-electron chi connectivity index (χ4n) is 2.79. The molecule has 1 aromatic heterocycles. The normalized spacial score (nSPS) is 18.2. The molecule has 1 N–H and O–H groups in total. The van der Waals surface area contributed by atoms with Gasteiger partial charge in [0.2, 0.25) is 5.88 Å². The zero-order chi connectivity index (χ0) is 17.4. The summed E-state index contributed by atoms with van der Waals surface area (Å²) in [6.07, 6.45) is 1.81. The molecule has 0 aromatic carbocycles. The van der Waals surface area contributed by atoms with Crippen molar-refractivity contribution in [1.29, 1.82) is 0 Å². The molecule has 0 radical (unpaired) electrons. The van der Waals surface area contributed by atoms with E-state index in [-0.39, 0.29) is 11.9 Å². The Morgan fingerprint density at radius 1 is 1.50 bits per heavy atom. The minimum atomic E-state index is -0.118. The molecule has 1 unspecified atom stereocenters. The highest BCUT2D eigenvalue weighted by Crippen LogP contribution is 2.18. The number of ether oxygens (including phenoxy) is 2. The molecule has 2 heterocycles. The van der Waals surface area contributed by atoms with Crippen LogP contribution < -0.4 is 10.1 Å². The van der Waals surface area contributed by atoms with Crippen molar-refractivity contribution in [3.8, 4) is 5.88 Å². The number of carbonyl (C=O) groups is 1. The third-order valence-electron chi connectivity index (χ3n) is 3.97. The molecule has 1 saturated heterocycles. The highest BCUT2D eigenvalue weighted by Gasteiger charge is 2.28. The summed E-state index contributed by atoms with van der Waals surface area (Å²) < 4.78 is 10.3. The number of pyridine rings is 1. The fraction of sp³-hybridized carbons (Fsp3) is 0.588. The fourth-order valence-corrected chi connectivity index (χ4v) is 2.79. The maximum absolute atomic E-state index is 12.0. The number of nitrogens with one attached hydrogen (secondary N) is 1. The first kappa shape index (κ1) is 18.0. The molecule has 132 valence electrons. The molecule has 1 aromatic rings. The van der Waals surface area contributed by atoms with Gasteiger partial charge in [0.15, 0.2) is 5.96 Å². The number of esters is 1. The number of hydrogen-bond acceptors (Lipinski definition) is 5. The molecule has 0 saturated carbocycles. The summed E-state index contributed by atoms with van der Waals surface area (Å²) in [6.45, 7) is 4.31. The van der Waals surface area contributed by atoms with Crippen molar-refractivity contribution in [3.05, 3.63) is 23.9 Å². The van der Waals surface area contributed by atoms with E-state index in [0.29, 0.717) is 25.6 Å². The van der Waals surface area contributed by atoms with Crippen LogP contribution in [0, 0.1) is 5.92 Å². The minimum absolute atomic E-state index is 0.0906. The van der Waals surface area contributed by atoms with Crippen molar-refractivity contribution in [2.24, 2.45) is 10.9 Å². The van der Waals surface area contributed by atoms with E-state index < -0.39 is 0 Å². The van der Waals surface area contributed by atoms with Crippen molar-refractivity contribution in [3.63, 3.8) is 0 Å². The van der Waals surface area contributed by atoms with Crippen molar-refractivity contribution in [1.82, 2.24) is 15.2 Å². The van der Waals surface area contributed by atoms with Crippen LogP contribution in [0.3, 0.4) is 0 Å². The Kier molecular flexibility index (Phi) is 6.84. The van der Waals surface area contributed by atoms with Crippen LogP contribution in [0.4, 0.5) is 0 Å². The standard InChI is InChI=1S/C17H26N4O3/c1-4-24-16(22)13-7-6-10-21(12-13)17(18-2)19-11-14-8-5-9-15(20-14)23-3/h5,8-9,13H,4,6-7,10-12H2,1-3H3,(H,18,19). The summed E-state index contributed by atoms with van der Waals surface area (Å²) in [5, 5.41) is 3.30. The molecule has 0 spiro atoms. The highest BCUT2D eigenvalue weighted by atomic mass is 16.5. The number of carbonyl (C=O) groups excluding carboxylic acids is 1. The molecule has 7 heteroatoms. The Labute approximate surface area is 143 Å². The van der Waals surface area contributed by atoms with Crippen LogP contribution in [0.2, 0.25) is 0 Å². The van der Waals surface area contributed by atoms with Gasteiger partial charge in [0.05, 0.1) is 31.9 Å². The summed E-state index contributed by atoms with van der Waals surface area (Å²) in [5.41, 5.74) is 0.870. The van der Waals surface area contributed by atoms with Gasteiger partial charge < -0.3 is 19.7 Å². The predicted octanol–water partition coefficient (Wildman–Crippen LogP) is 1.44. The highest BCUT2D eigenvalue weighted by molar-refractivity contribution is 5.81. The van der Waals surface area contributed by atoms with Crippen molar-refractivity contribution >= 4 is 11.9 Å². The van der Waals surface area contributed by atoms with Gasteiger partial charge in [0.1, 0.15) is 0 Å². The van der Waals surface area contributed by atoms with E-state index in [1.54, 1.807) is 14.2 Å². The number of likely N-dealkylation sites (tertiary alicyclic amines) is 1. The Morgan fingerprint density at radius 3 is 3.04 bits per heavy atom. The van der Waals surface area contributed by atoms with Crippen LogP contribution in [0.25, 0.3) is 0 Å². The van der Waals surface area contributed by atoms with E-state index in [0.717, 1.165) is 31.0 Å². The first-order valence-corrected chi connectivity index (χ1v) is 8.30. The van der Waals surface area contributed by atoms with Gasteiger partial charge in [-0.25, -0.2) is 4.98 Å². The zero-order valence-electron chi connectivity index (χ0n) is 14.6. The zero-order valence-corrected chi connectivity index (χ0v) is 14.6. The number of methoxy groups -OCH3 is 1. The monoisotopic (exact) mass is 334 g/mol. The van der Waals surface area contributed by atoms with E-state index in [9.17, 15) is 4.79 Å². The van der Waals surface area contributed by atoms with E-state index in [1.807, 2.05) is 25.1 Å². The first-order valence-electron chi connectivity index (χ1n) is 8.30. The predicted molar refractivity (Wildman–Crippen MR) is 91.9 cm³/mol. The van der Waals surface area contributed by atoms with Gasteiger partial charge in [-0.1, -0.05) is 6.07 Å². The molecule has 1 aliphatic heterocycles.